The molecule has 1 aliphatic rings. The van der Waals surface area contributed by atoms with Crippen molar-refractivity contribution >= 4 is 34.9 Å². The third-order valence-electron chi connectivity index (χ3n) is 5.05. The molecule has 1 fully saturated rings. The molecule has 4 rings (SSSR count). The Morgan fingerprint density at radius 3 is 2.52 bits per heavy atom. The average molecular weight is 439 g/mol. The van der Waals surface area contributed by atoms with Gasteiger partial charge < -0.3 is 10.2 Å². The highest BCUT2D eigenvalue weighted by Gasteiger charge is 2.27. The second kappa shape index (κ2) is 9.14. The van der Waals surface area contributed by atoms with Gasteiger partial charge in [-0.05, 0) is 60.5 Å². The van der Waals surface area contributed by atoms with Gasteiger partial charge in [-0.15, -0.1) is 0 Å². The van der Waals surface area contributed by atoms with E-state index < -0.39 is 0 Å². The summed E-state index contributed by atoms with van der Waals surface area (Å²) in [5.74, 6) is -0.616. The molecule has 1 saturated heterocycles. The molecule has 158 valence electrons. The first-order chi connectivity index (χ1) is 15.0. The Hall–Kier alpha value is -3.45. The lowest BCUT2D eigenvalue weighted by Gasteiger charge is -2.35. The van der Waals surface area contributed by atoms with E-state index >= 15 is 0 Å². The van der Waals surface area contributed by atoms with Crippen LogP contribution in [0.1, 0.15) is 22.3 Å². The van der Waals surface area contributed by atoms with Gasteiger partial charge in [-0.2, -0.15) is 0 Å². The predicted molar refractivity (Wildman–Crippen MR) is 118 cm³/mol. The number of hydrogen-bond donors (Lipinski definition) is 1. The van der Waals surface area contributed by atoms with Crippen LogP contribution in [-0.4, -0.2) is 34.9 Å². The fourth-order valence-electron chi connectivity index (χ4n) is 3.44. The second-order valence-corrected chi connectivity index (χ2v) is 7.54. The molecule has 1 N–H and O–H groups in total. The topological polar surface area (TPSA) is 65.5 Å². The molecule has 0 unspecified atom stereocenters. The summed E-state index contributed by atoms with van der Waals surface area (Å²) in [4.78, 5) is 32.8. The number of carbonyl (C=O) groups excluding carboxylic acids is 2. The Morgan fingerprint density at radius 2 is 1.81 bits per heavy atom. The monoisotopic (exact) mass is 438 g/mol. The van der Waals surface area contributed by atoms with Crippen LogP contribution in [0.5, 0.6) is 0 Å². The molecule has 0 saturated carbocycles. The van der Waals surface area contributed by atoms with Gasteiger partial charge in [0.1, 0.15) is 5.82 Å². The molecule has 3 amide bonds. The second-order valence-electron chi connectivity index (χ2n) is 7.18. The summed E-state index contributed by atoms with van der Waals surface area (Å²) < 4.78 is 13.1. The number of halogens is 2. The maximum Gasteiger partial charge on any atom is 0.324 e. The minimum absolute atomic E-state index is 0.116. The van der Waals surface area contributed by atoms with Gasteiger partial charge in [-0.1, -0.05) is 23.7 Å². The van der Waals surface area contributed by atoms with E-state index in [1.54, 1.807) is 64.5 Å². The molecular formula is C23H20ClFN4O2. The number of nitrogens with zero attached hydrogens (tertiary/aromatic N) is 3. The first-order valence-corrected chi connectivity index (χ1v) is 10.2. The summed E-state index contributed by atoms with van der Waals surface area (Å²) in [5, 5.41) is 2.94. The van der Waals surface area contributed by atoms with E-state index in [9.17, 15) is 14.0 Å². The average Bonchev–Trinajstić information content (AvgIpc) is 2.78. The number of urea groups is 1. The number of hydrogen-bond acceptors (Lipinski definition) is 3. The third kappa shape index (κ3) is 4.83. The first-order valence-electron chi connectivity index (χ1n) is 9.84. The van der Waals surface area contributed by atoms with E-state index in [4.69, 9.17) is 11.6 Å². The fraction of sp³-hybridized carbons (Fsp3) is 0.174. The molecule has 31 heavy (non-hydrogen) atoms. The molecule has 0 aliphatic carbocycles. The van der Waals surface area contributed by atoms with Crippen molar-refractivity contribution in [3.05, 3.63) is 89.0 Å². The van der Waals surface area contributed by atoms with Crippen LogP contribution in [0, 0.1) is 5.82 Å². The van der Waals surface area contributed by atoms with Crippen LogP contribution in [0.25, 0.3) is 0 Å². The zero-order chi connectivity index (χ0) is 21.8. The van der Waals surface area contributed by atoms with Gasteiger partial charge >= 0.3 is 6.03 Å². The van der Waals surface area contributed by atoms with Gasteiger partial charge in [0, 0.05) is 37.1 Å². The van der Waals surface area contributed by atoms with Crippen LogP contribution in [0.4, 0.5) is 20.6 Å². The number of anilines is 2. The van der Waals surface area contributed by atoms with Crippen molar-refractivity contribution in [2.75, 3.05) is 23.3 Å². The molecule has 6 nitrogen and oxygen atoms in total. The highest BCUT2D eigenvalue weighted by molar-refractivity contribution is 6.32. The normalized spacial score (nSPS) is 13.9. The number of amides is 3. The third-order valence-corrected chi connectivity index (χ3v) is 5.35. The van der Waals surface area contributed by atoms with E-state index in [0.29, 0.717) is 36.6 Å². The molecule has 1 aliphatic heterocycles. The van der Waals surface area contributed by atoms with E-state index in [1.165, 1.54) is 12.1 Å². The Balaban J connectivity index is 1.44. The van der Waals surface area contributed by atoms with Crippen LogP contribution >= 0.6 is 11.6 Å². The lowest BCUT2D eigenvalue weighted by atomic mass is 10.1. The quantitative estimate of drug-likeness (QED) is 0.572. The van der Waals surface area contributed by atoms with Crippen molar-refractivity contribution in [3.8, 4) is 0 Å². The van der Waals surface area contributed by atoms with Gasteiger partial charge in [0.25, 0.3) is 5.91 Å². The van der Waals surface area contributed by atoms with Crippen molar-refractivity contribution in [1.82, 2.24) is 9.88 Å². The zero-order valence-electron chi connectivity index (χ0n) is 16.6. The summed E-state index contributed by atoms with van der Waals surface area (Å²) in [6, 6.07) is 16.2. The summed E-state index contributed by atoms with van der Waals surface area (Å²) in [6.07, 6.45) is 2.36. The van der Waals surface area contributed by atoms with Crippen LogP contribution < -0.4 is 10.2 Å². The Kier molecular flexibility index (Phi) is 6.13. The van der Waals surface area contributed by atoms with Gasteiger partial charge in [-0.25, -0.2) is 14.2 Å². The van der Waals surface area contributed by atoms with E-state index in [0.717, 1.165) is 12.0 Å². The minimum atomic E-state index is -0.315. The number of aromatic nitrogens is 1. The summed E-state index contributed by atoms with van der Waals surface area (Å²) >= 11 is 5.98. The molecule has 0 bridgehead atoms. The first kappa shape index (κ1) is 20.8. The summed E-state index contributed by atoms with van der Waals surface area (Å²) in [5.41, 5.74) is 2.46. The van der Waals surface area contributed by atoms with Gasteiger partial charge in [0.2, 0.25) is 0 Å². The molecule has 2 heterocycles. The molecular weight excluding hydrogens is 419 g/mol. The largest absolute Gasteiger partial charge is 0.324 e. The van der Waals surface area contributed by atoms with E-state index in [2.05, 4.69) is 10.3 Å². The van der Waals surface area contributed by atoms with Crippen LogP contribution in [0.15, 0.2) is 66.9 Å². The van der Waals surface area contributed by atoms with E-state index in [1.807, 2.05) is 0 Å². The van der Waals surface area contributed by atoms with E-state index in [-0.39, 0.29) is 22.9 Å². The fourth-order valence-corrected chi connectivity index (χ4v) is 3.61. The number of nitrogens with one attached hydrogen (secondary N) is 1. The van der Waals surface area contributed by atoms with Crippen LogP contribution in [0.3, 0.4) is 0 Å². The molecule has 2 aromatic carbocycles. The molecule has 0 radical (unpaired) electrons. The van der Waals surface area contributed by atoms with Crippen LogP contribution in [-0.2, 0) is 6.54 Å². The van der Waals surface area contributed by atoms with Gasteiger partial charge in [0.05, 0.1) is 5.69 Å². The molecule has 3 aromatic rings. The van der Waals surface area contributed by atoms with Crippen molar-refractivity contribution < 1.29 is 14.0 Å². The van der Waals surface area contributed by atoms with Gasteiger partial charge in [-0.3, -0.25) is 9.69 Å². The lowest BCUT2D eigenvalue weighted by molar-refractivity contribution is 0.102. The molecule has 0 atom stereocenters. The number of pyridine rings is 1. The minimum Gasteiger partial charge on any atom is -0.320 e. The molecule has 1 aromatic heterocycles. The summed E-state index contributed by atoms with van der Waals surface area (Å²) in [7, 11) is 0. The Labute approximate surface area is 184 Å². The number of rotatable bonds is 5. The maximum absolute atomic E-state index is 13.1. The highest BCUT2D eigenvalue weighted by atomic mass is 35.5. The van der Waals surface area contributed by atoms with Crippen molar-refractivity contribution in [1.29, 1.82) is 0 Å². The zero-order valence-corrected chi connectivity index (χ0v) is 17.3. The van der Waals surface area contributed by atoms with Crippen LogP contribution in [0.2, 0.25) is 5.15 Å². The molecule has 0 spiro atoms. The standard InChI is InChI=1S/C23H20ClFN4O2/c24-21-20(3-1-12-26-21)27-22(30)17-6-10-19(11-7-17)29-14-2-13-28(23(29)31)15-16-4-8-18(25)9-5-16/h1,3-12H,2,13-15H2,(H,27,30). The molecule has 8 heteroatoms. The highest BCUT2D eigenvalue weighted by Crippen LogP contribution is 2.23. The summed E-state index contributed by atoms with van der Waals surface area (Å²) in [6.45, 7) is 1.65. The van der Waals surface area contributed by atoms with Crippen molar-refractivity contribution in [2.24, 2.45) is 0 Å². The van der Waals surface area contributed by atoms with Crippen molar-refractivity contribution in [2.45, 2.75) is 13.0 Å². The number of benzene rings is 2. The SMILES string of the molecule is O=C(Nc1cccnc1Cl)c1ccc(N2CCCN(Cc3ccc(F)cc3)C2=O)cc1. The predicted octanol–water partition coefficient (Wildman–Crippen LogP) is 4.96. The smallest absolute Gasteiger partial charge is 0.320 e. The number of carbonyl (C=O) groups is 2. The maximum atomic E-state index is 13.1. The Morgan fingerprint density at radius 1 is 1.06 bits per heavy atom. The van der Waals surface area contributed by atoms with Crippen molar-refractivity contribution in [3.63, 3.8) is 0 Å². The Bertz CT molecular complexity index is 1090. The van der Waals surface area contributed by atoms with Gasteiger partial charge in [0.15, 0.2) is 5.15 Å². The lowest BCUT2D eigenvalue weighted by Crippen LogP contribution is -2.49.